The van der Waals surface area contributed by atoms with Gasteiger partial charge in [0, 0.05) is 0 Å². The third-order valence-corrected chi connectivity index (χ3v) is 13.7. The maximum absolute atomic E-state index is 7.44. The molecule has 6 aromatic carbocycles. The van der Waals surface area contributed by atoms with E-state index in [1.54, 1.807) is 0 Å². The van der Waals surface area contributed by atoms with Crippen LogP contribution in [0.5, 0.6) is 11.5 Å². The fourth-order valence-electron chi connectivity index (χ4n) is 6.99. The molecule has 0 saturated carbocycles. The van der Waals surface area contributed by atoms with Gasteiger partial charge in [-0.25, -0.2) is 0 Å². The van der Waals surface area contributed by atoms with Gasteiger partial charge < -0.3 is 0 Å². The molecule has 0 aliphatic carbocycles. The topological polar surface area (TPSA) is 18.5 Å². The Labute approximate surface area is 228 Å². The fourth-order valence-corrected chi connectivity index (χ4v) is 12.7. The molecule has 1 unspecified atom stereocenters. The molecule has 2 aliphatic rings. The molecule has 3 heteroatoms. The first-order chi connectivity index (χ1) is 19.2. The molecule has 0 amide bonds. The third kappa shape index (κ3) is 3.25. The second-order valence-electron chi connectivity index (χ2n) is 10.9. The van der Waals surface area contributed by atoms with Gasteiger partial charge in [-0.15, -0.1) is 0 Å². The van der Waals surface area contributed by atoms with E-state index in [4.69, 9.17) is 9.05 Å². The van der Waals surface area contributed by atoms with E-state index >= 15 is 0 Å². The number of hydrogen-bond donors (Lipinski definition) is 0. The van der Waals surface area contributed by atoms with E-state index in [9.17, 15) is 0 Å². The Balaban J connectivity index is 1.37. The van der Waals surface area contributed by atoms with E-state index in [2.05, 4.69) is 133 Å². The molecular formula is C36H29O2P. The van der Waals surface area contributed by atoms with Crippen LogP contribution in [0.25, 0.3) is 21.5 Å². The van der Waals surface area contributed by atoms with E-state index in [-0.39, 0.29) is 5.92 Å². The van der Waals surface area contributed by atoms with E-state index in [0.29, 0.717) is 0 Å². The van der Waals surface area contributed by atoms with Crippen molar-refractivity contribution >= 4 is 39.2 Å². The Morgan fingerprint density at radius 3 is 1.59 bits per heavy atom. The van der Waals surface area contributed by atoms with Crippen LogP contribution in [0.15, 0.2) is 133 Å². The van der Waals surface area contributed by atoms with Crippen molar-refractivity contribution in [3.8, 4) is 11.5 Å². The fraction of sp³-hybridized carbons (Fsp3) is 0.111. The van der Waals surface area contributed by atoms with Crippen LogP contribution >= 0.6 is 7.06 Å². The minimum atomic E-state index is -3.64. The predicted molar refractivity (Wildman–Crippen MR) is 164 cm³/mol. The van der Waals surface area contributed by atoms with Crippen molar-refractivity contribution < 1.29 is 9.05 Å². The van der Waals surface area contributed by atoms with Crippen molar-refractivity contribution in [2.45, 2.75) is 18.8 Å². The summed E-state index contributed by atoms with van der Waals surface area (Å²) >= 11 is 0. The van der Waals surface area contributed by atoms with Crippen molar-refractivity contribution in [2.75, 3.05) is 6.16 Å². The molecule has 1 atom stereocenters. The van der Waals surface area contributed by atoms with Crippen LogP contribution < -0.4 is 19.7 Å². The molecule has 39 heavy (non-hydrogen) atoms. The summed E-state index contributed by atoms with van der Waals surface area (Å²) < 4.78 is 14.9. The summed E-state index contributed by atoms with van der Waals surface area (Å²) in [6.07, 6.45) is 2.81. The summed E-state index contributed by atoms with van der Waals surface area (Å²) in [5.74, 6) is 2.14. The van der Waals surface area contributed by atoms with Gasteiger partial charge in [-0.05, 0) is 0 Å². The monoisotopic (exact) mass is 524 g/mol. The van der Waals surface area contributed by atoms with Gasteiger partial charge in [-0.3, -0.25) is 0 Å². The molecule has 2 aliphatic heterocycles. The molecule has 0 saturated heterocycles. The predicted octanol–water partition coefficient (Wildman–Crippen LogP) is 8.53. The molecule has 2 heterocycles. The summed E-state index contributed by atoms with van der Waals surface area (Å²) in [4.78, 5) is 0. The van der Waals surface area contributed by atoms with E-state index in [1.807, 2.05) is 0 Å². The first-order valence-electron chi connectivity index (χ1n) is 13.8. The van der Waals surface area contributed by atoms with Gasteiger partial charge in [0.2, 0.25) is 0 Å². The standard InChI is InChI=1S/C36H29O2P/c1-3-11-26(12-4-1)23-24-30(27-13-5-2-6-14-27)25-39(33-21-9-17-28-15-7-19-31(37-39)35(28)33)34-22-10-18-29-16-8-20-32(38-39)36(29)34/h1-22,30H,23-25H2. The zero-order chi connectivity index (χ0) is 25.9. The maximum atomic E-state index is 7.44. The van der Waals surface area contributed by atoms with Crippen molar-refractivity contribution in [1.29, 1.82) is 0 Å². The molecule has 2 nitrogen and oxygen atoms in total. The van der Waals surface area contributed by atoms with Crippen molar-refractivity contribution in [3.63, 3.8) is 0 Å². The first-order valence-corrected chi connectivity index (χ1v) is 16.1. The Morgan fingerprint density at radius 1 is 0.513 bits per heavy atom. The second-order valence-corrected chi connectivity index (χ2v) is 14.8. The van der Waals surface area contributed by atoms with Crippen LogP contribution in [0.3, 0.4) is 0 Å². The number of benzene rings is 6. The zero-order valence-corrected chi connectivity index (χ0v) is 22.6. The van der Waals surface area contributed by atoms with Crippen LogP contribution in [-0.4, -0.2) is 6.16 Å². The summed E-state index contributed by atoms with van der Waals surface area (Å²) in [6.45, 7) is 0. The van der Waals surface area contributed by atoms with Gasteiger partial charge >= 0.3 is 229 Å². The number of fused-ring (bicyclic) bond motifs is 2. The van der Waals surface area contributed by atoms with Gasteiger partial charge in [-0.2, -0.15) is 0 Å². The van der Waals surface area contributed by atoms with E-state index in [1.165, 1.54) is 43.3 Å². The summed E-state index contributed by atoms with van der Waals surface area (Å²) in [6, 6.07) is 48.0. The molecule has 6 aromatic rings. The van der Waals surface area contributed by atoms with Crippen molar-refractivity contribution in [2.24, 2.45) is 0 Å². The first kappa shape index (κ1) is 22.8. The van der Waals surface area contributed by atoms with Gasteiger partial charge in [0.25, 0.3) is 0 Å². The van der Waals surface area contributed by atoms with E-state index in [0.717, 1.165) is 30.5 Å². The van der Waals surface area contributed by atoms with E-state index < -0.39 is 7.06 Å². The minimum absolute atomic E-state index is 0.248. The van der Waals surface area contributed by atoms with Crippen LogP contribution in [0.4, 0.5) is 0 Å². The average molecular weight is 525 g/mol. The quantitative estimate of drug-likeness (QED) is 0.203. The Hall–Kier alpha value is -4.13. The summed E-state index contributed by atoms with van der Waals surface area (Å²) in [7, 11) is -3.64. The van der Waals surface area contributed by atoms with Gasteiger partial charge in [0.1, 0.15) is 0 Å². The van der Waals surface area contributed by atoms with Crippen LogP contribution in [0, 0.1) is 0 Å². The van der Waals surface area contributed by atoms with Crippen LogP contribution in [0.1, 0.15) is 23.5 Å². The molecule has 0 bridgehead atoms. The van der Waals surface area contributed by atoms with Gasteiger partial charge in [-0.1, -0.05) is 0 Å². The second kappa shape index (κ2) is 8.43. The number of aryl methyl sites for hydroxylation is 1. The van der Waals surface area contributed by atoms with Crippen LogP contribution in [-0.2, 0) is 6.42 Å². The normalized spacial score (nSPS) is 17.4. The number of rotatable bonds is 6. The molecule has 0 radical (unpaired) electrons. The summed E-state index contributed by atoms with van der Waals surface area (Å²) in [5.41, 5.74) is 2.70. The van der Waals surface area contributed by atoms with Crippen LogP contribution in [0.2, 0.25) is 0 Å². The molecule has 0 fully saturated rings. The van der Waals surface area contributed by atoms with Gasteiger partial charge in [0.05, 0.1) is 0 Å². The Morgan fingerprint density at radius 2 is 1.03 bits per heavy atom. The average Bonchev–Trinajstić information content (AvgIpc) is 3.44. The van der Waals surface area contributed by atoms with Crippen molar-refractivity contribution in [3.05, 3.63) is 145 Å². The molecule has 190 valence electrons. The van der Waals surface area contributed by atoms with Crippen molar-refractivity contribution in [1.82, 2.24) is 0 Å². The molecule has 8 rings (SSSR count). The molecular weight excluding hydrogens is 495 g/mol. The molecule has 0 aromatic heterocycles. The summed E-state index contributed by atoms with van der Waals surface area (Å²) in [5, 5.41) is 7.30. The third-order valence-electron chi connectivity index (χ3n) is 8.69. The Kier molecular flexibility index (Phi) is 4.93. The van der Waals surface area contributed by atoms with Gasteiger partial charge in [0.15, 0.2) is 0 Å². The SMILES string of the molecule is c1ccc(CCC(CP23(Oc4cccc5cccc2c45)Oc2cccc4cccc3c24)c2ccccc2)cc1. The Bertz CT molecular complexity index is 1760. The molecule has 1 spiro atoms. The number of hydrogen-bond acceptors (Lipinski definition) is 2. The molecule has 0 N–H and O–H groups in total. The zero-order valence-electron chi connectivity index (χ0n) is 21.7.